The zero-order valence-corrected chi connectivity index (χ0v) is 18.9. The van der Waals surface area contributed by atoms with Crippen LogP contribution < -0.4 is 5.43 Å². The van der Waals surface area contributed by atoms with Crippen LogP contribution in [0.4, 0.5) is 0 Å². The van der Waals surface area contributed by atoms with Crippen molar-refractivity contribution in [3.05, 3.63) is 63.0 Å². The fourth-order valence-corrected chi connectivity index (χ4v) is 4.45. The monoisotopic (exact) mass is 455 g/mol. The van der Waals surface area contributed by atoms with Crippen molar-refractivity contribution in [2.24, 2.45) is 5.92 Å². The van der Waals surface area contributed by atoms with Crippen molar-refractivity contribution in [2.75, 3.05) is 19.7 Å². The number of likely N-dealkylation sites (tertiary alicyclic amines) is 1. The molecule has 1 saturated heterocycles. The highest BCUT2D eigenvalue weighted by atomic mass is 35.5. The predicted octanol–water partition coefficient (Wildman–Crippen LogP) is 4.90. The molecular formula is C25H26ClNO5. The summed E-state index contributed by atoms with van der Waals surface area (Å²) in [4.78, 5) is 27.5. The number of benzene rings is 2. The van der Waals surface area contributed by atoms with E-state index in [0.717, 1.165) is 5.56 Å². The summed E-state index contributed by atoms with van der Waals surface area (Å²) in [6.07, 6.45) is 1.40. The van der Waals surface area contributed by atoms with Gasteiger partial charge in [0.15, 0.2) is 0 Å². The van der Waals surface area contributed by atoms with Crippen molar-refractivity contribution in [1.82, 2.24) is 4.90 Å². The van der Waals surface area contributed by atoms with E-state index in [1.54, 1.807) is 43.3 Å². The lowest BCUT2D eigenvalue weighted by molar-refractivity contribution is -0.149. The quantitative estimate of drug-likeness (QED) is 0.551. The van der Waals surface area contributed by atoms with Crippen LogP contribution in [0.3, 0.4) is 0 Å². The Bertz CT molecular complexity index is 1190. The van der Waals surface area contributed by atoms with E-state index < -0.39 is 0 Å². The highest BCUT2D eigenvalue weighted by Gasteiger charge is 2.27. The predicted molar refractivity (Wildman–Crippen MR) is 124 cm³/mol. The lowest BCUT2D eigenvalue weighted by Crippen LogP contribution is -2.36. The van der Waals surface area contributed by atoms with Gasteiger partial charge in [0.25, 0.3) is 0 Å². The van der Waals surface area contributed by atoms with Crippen LogP contribution in [0.5, 0.6) is 5.75 Å². The third kappa shape index (κ3) is 4.38. The molecule has 1 aliphatic rings. The van der Waals surface area contributed by atoms with Gasteiger partial charge in [-0.15, -0.1) is 0 Å². The van der Waals surface area contributed by atoms with Crippen molar-refractivity contribution in [1.29, 1.82) is 0 Å². The van der Waals surface area contributed by atoms with Gasteiger partial charge in [0.1, 0.15) is 17.1 Å². The van der Waals surface area contributed by atoms with Crippen LogP contribution in [-0.4, -0.2) is 35.7 Å². The van der Waals surface area contributed by atoms with Gasteiger partial charge in [-0.1, -0.05) is 23.7 Å². The molecule has 0 unspecified atom stereocenters. The molecule has 0 radical (unpaired) electrons. The van der Waals surface area contributed by atoms with Gasteiger partial charge in [-0.05, 0) is 69.6 Å². The molecule has 0 amide bonds. The number of nitrogens with zero attached hydrogens (tertiary/aromatic N) is 1. The molecule has 6 nitrogen and oxygen atoms in total. The number of carbonyl (C=O) groups excluding carboxylic acids is 1. The van der Waals surface area contributed by atoms with Crippen molar-refractivity contribution in [2.45, 2.75) is 33.2 Å². The van der Waals surface area contributed by atoms with E-state index in [-0.39, 0.29) is 23.1 Å². The normalized spacial score (nSPS) is 15.2. The molecule has 32 heavy (non-hydrogen) atoms. The summed E-state index contributed by atoms with van der Waals surface area (Å²) >= 11 is 5.99. The number of ether oxygens (including phenoxy) is 1. The van der Waals surface area contributed by atoms with E-state index in [9.17, 15) is 14.7 Å². The molecule has 1 fully saturated rings. The van der Waals surface area contributed by atoms with E-state index >= 15 is 0 Å². The van der Waals surface area contributed by atoms with Gasteiger partial charge < -0.3 is 14.3 Å². The van der Waals surface area contributed by atoms with E-state index in [1.165, 1.54) is 0 Å². The van der Waals surface area contributed by atoms with Crippen LogP contribution in [0.15, 0.2) is 45.6 Å². The first-order valence-electron chi connectivity index (χ1n) is 10.8. The summed E-state index contributed by atoms with van der Waals surface area (Å²) in [5, 5.41) is 11.6. The average Bonchev–Trinajstić information content (AvgIpc) is 2.78. The van der Waals surface area contributed by atoms with Crippen LogP contribution in [0, 0.1) is 12.8 Å². The number of aryl methyl sites for hydroxylation is 1. The molecular weight excluding hydrogens is 430 g/mol. The van der Waals surface area contributed by atoms with Gasteiger partial charge in [-0.3, -0.25) is 14.5 Å². The second-order valence-electron chi connectivity index (χ2n) is 8.11. The Labute approximate surface area is 191 Å². The molecule has 0 aliphatic carbocycles. The number of carbonyl (C=O) groups is 1. The van der Waals surface area contributed by atoms with Crippen molar-refractivity contribution < 1.29 is 19.1 Å². The van der Waals surface area contributed by atoms with Gasteiger partial charge in [0.2, 0.25) is 5.43 Å². The lowest BCUT2D eigenvalue weighted by atomic mass is 9.96. The highest BCUT2D eigenvalue weighted by Crippen LogP contribution is 2.32. The number of halogens is 1. The number of piperidine rings is 1. The first kappa shape index (κ1) is 22.4. The Morgan fingerprint density at radius 1 is 1.19 bits per heavy atom. The van der Waals surface area contributed by atoms with Gasteiger partial charge in [-0.2, -0.15) is 0 Å². The standard InChI is InChI=1S/C25H26ClNO5/c1-3-31-25(30)17-10-12-27(13-11-17)14-20-21(28)9-8-19-23(29)22(15(2)32-24(19)20)16-4-6-18(26)7-5-16/h4-9,17,28H,3,10-14H2,1-2H3. The molecule has 7 heteroatoms. The van der Waals surface area contributed by atoms with Crippen molar-refractivity contribution in [3.63, 3.8) is 0 Å². The number of hydrogen-bond acceptors (Lipinski definition) is 6. The smallest absolute Gasteiger partial charge is 0.309 e. The number of fused-ring (bicyclic) bond motifs is 1. The average molecular weight is 456 g/mol. The Hall–Kier alpha value is -2.83. The Morgan fingerprint density at radius 2 is 1.88 bits per heavy atom. The van der Waals surface area contributed by atoms with E-state index in [0.29, 0.717) is 72.0 Å². The zero-order valence-electron chi connectivity index (χ0n) is 18.2. The largest absolute Gasteiger partial charge is 0.507 e. The molecule has 4 rings (SSSR count). The molecule has 168 valence electrons. The molecule has 0 saturated carbocycles. The highest BCUT2D eigenvalue weighted by molar-refractivity contribution is 6.30. The first-order valence-corrected chi connectivity index (χ1v) is 11.2. The summed E-state index contributed by atoms with van der Waals surface area (Å²) in [5.41, 5.74) is 2.06. The molecule has 3 aromatic rings. The Balaban J connectivity index is 1.65. The minimum absolute atomic E-state index is 0.0885. The van der Waals surface area contributed by atoms with Crippen LogP contribution in [0.2, 0.25) is 5.02 Å². The Morgan fingerprint density at radius 3 is 2.53 bits per heavy atom. The second kappa shape index (κ2) is 9.35. The molecule has 1 aromatic heterocycles. The molecule has 1 aliphatic heterocycles. The topological polar surface area (TPSA) is 80.0 Å². The molecule has 1 N–H and O–H groups in total. The van der Waals surface area contributed by atoms with Gasteiger partial charge in [0, 0.05) is 11.6 Å². The summed E-state index contributed by atoms with van der Waals surface area (Å²) in [7, 11) is 0. The maximum atomic E-state index is 13.3. The van der Waals surface area contributed by atoms with Crippen LogP contribution in [-0.2, 0) is 16.1 Å². The fraction of sp³-hybridized carbons (Fsp3) is 0.360. The molecule has 0 atom stereocenters. The molecule has 2 aromatic carbocycles. The van der Waals surface area contributed by atoms with Crippen LogP contribution >= 0.6 is 11.6 Å². The fourth-order valence-electron chi connectivity index (χ4n) is 4.33. The third-order valence-electron chi connectivity index (χ3n) is 6.04. The minimum atomic E-state index is -0.145. The van der Waals surface area contributed by atoms with E-state index in [2.05, 4.69) is 4.90 Å². The van der Waals surface area contributed by atoms with Gasteiger partial charge in [0.05, 0.1) is 29.0 Å². The number of hydrogen-bond donors (Lipinski definition) is 1. The summed E-state index contributed by atoms with van der Waals surface area (Å²) < 4.78 is 11.2. The maximum Gasteiger partial charge on any atom is 0.309 e. The van der Waals surface area contributed by atoms with Crippen molar-refractivity contribution in [3.8, 4) is 16.9 Å². The zero-order chi connectivity index (χ0) is 22.8. The second-order valence-corrected chi connectivity index (χ2v) is 8.55. The molecule has 2 heterocycles. The van der Waals surface area contributed by atoms with E-state index in [4.69, 9.17) is 20.8 Å². The number of rotatable bonds is 5. The summed E-state index contributed by atoms with van der Waals surface area (Å²) in [5.74, 6) is 0.343. The summed E-state index contributed by atoms with van der Waals surface area (Å²) in [6, 6.07) is 10.2. The minimum Gasteiger partial charge on any atom is -0.507 e. The molecule has 0 bridgehead atoms. The summed E-state index contributed by atoms with van der Waals surface area (Å²) in [6.45, 7) is 5.78. The van der Waals surface area contributed by atoms with Gasteiger partial charge >= 0.3 is 5.97 Å². The van der Waals surface area contributed by atoms with Crippen molar-refractivity contribution >= 4 is 28.5 Å². The lowest BCUT2D eigenvalue weighted by Gasteiger charge is -2.31. The third-order valence-corrected chi connectivity index (χ3v) is 6.29. The number of phenols is 1. The molecule has 0 spiro atoms. The Kier molecular flexibility index (Phi) is 6.53. The van der Waals surface area contributed by atoms with Gasteiger partial charge in [-0.25, -0.2) is 0 Å². The maximum absolute atomic E-state index is 13.3. The first-order chi connectivity index (χ1) is 15.4. The SMILES string of the molecule is CCOC(=O)C1CCN(Cc2c(O)ccc3c(=O)c(-c4ccc(Cl)cc4)c(C)oc23)CC1. The van der Waals surface area contributed by atoms with Crippen LogP contribution in [0.1, 0.15) is 31.1 Å². The number of esters is 1. The number of phenolic OH excluding ortho intramolecular Hbond substituents is 1. The van der Waals surface area contributed by atoms with Crippen LogP contribution in [0.25, 0.3) is 22.1 Å². The number of aromatic hydroxyl groups is 1. The van der Waals surface area contributed by atoms with E-state index in [1.807, 2.05) is 6.92 Å².